The fraction of sp³-hybridized carbons (Fsp3) is 0.312. The molecule has 1 aliphatic rings. The summed E-state index contributed by atoms with van der Waals surface area (Å²) in [6.45, 7) is 5.06. The number of nitrogens with zero attached hydrogens (tertiary/aromatic N) is 1. The van der Waals surface area contributed by atoms with E-state index in [0.717, 1.165) is 24.4 Å². The monoisotopic (exact) mass is 254 g/mol. The van der Waals surface area contributed by atoms with Crippen LogP contribution in [0.3, 0.4) is 0 Å². The number of pyridine rings is 1. The summed E-state index contributed by atoms with van der Waals surface area (Å²) in [5.74, 6) is 1.02. The van der Waals surface area contributed by atoms with Gasteiger partial charge in [0.25, 0.3) is 0 Å². The molecule has 2 aromatic rings. The first-order valence-electron chi connectivity index (χ1n) is 6.57. The molecule has 0 spiro atoms. The van der Waals surface area contributed by atoms with Crippen LogP contribution < -0.4 is 10.1 Å². The maximum absolute atomic E-state index is 5.88. The van der Waals surface area contributed by atoms with Crippen LogP contribution in [0.5, 0.6) is 5.75 Å². The molecular formula is C16H18N2O. The molecule has 1 aromatic heterocycles. The summed E-state index contributed by atoms with van der Waals surface area (Å²) in [6, 6.07) is 10.4. The van der Waals surface area contributed by atoms with Gasteiger partial charge in [0.2, 0.25) is 0 Å². The zero-order valence-corrected chi connectivity index (χ0v) is 11.3. The van der Waals surface area contributed by atoms with Crippen LogP contribution in [0, 0.1) is 0 Å². The Balaban J connectivity index is 1.71. The fourth-order valence-electron chi connectivity index (χ4n) is 2.44. The Labute approximate surface area is 113 Å². The molecule has 1 aliphatic heterocycles. The number of nitrogens with one attached hydrogen (secondary N) is 1. The number of fused-ring (bicyclic) bond motifs is 1. The molecule has 19 heavy (non-hydrogen) atoms. The van der Waals surface area contributed by atoms with E-state index in [9.17, 15) is 0 Å². The summed E-state index contributed by atoms with van der Waals surface area (Å²) in [5.41, 5.74) is 3.54. The van der Waals surface area contributed by atoms with Crippen molar-refractivity contribution in [1.29, 1.82) is 0 Å². The number of hydrogen-bond donors (Lipinski definition) is 1. The largest absolute Gasteiger partial charge is 0.487 e. The lowest BCUT2D eigenvalue weighted by molar-refractivity contribution is 0.138. The van der Waals surface area contributed by atoms with E-state index in [1.807, 2.05) is 18.3 Å². The number of hydrogen-bond acceptors (Lipinski definition) is 3. The van der Waals surface area contributed by atoms with Gasteiger partial charge in [0.15, 0.2) is 0 Å². The predicted octanol–water partition coefficient (Wildman–Crippen LogP) is 3.41. The average Bonchev–Trinajstić information content (AvgIpc) is 2.70. The van der Waals surface area contributed by atoms with E-state index < -0.39 is 0 Å². The van der Waals surface area contributed by atoms with Gasteiger partial charge in [-0.05, 0) is 43.2 Å². The molecule has 0 radical (unpaired) electrons. The van der Waals surface area contributed by atoms with E-state index in [-0.39, 0.29) is 5.60 Å². The van der Waals surface area contributed by atoms with Gasteiger partial charge in [-0.25, -0.2) is 0 Å². The maximum atomic E-state index is 5.88. The summed E-state index contributed by atoms with van der Waals surface area (Å²) in [6.07, 6.45) is 4.59. The number of rotatable bonds is 3. The van der Waals surface area contributed by atoms with Crippen molar-refractivity contribution in [2.24, 2.45) is 0 Å². The third-order valence-electron chi connectivity index (χ3n) is 3.29. The molecule has 0 aliphatic carbocycles. The van der Waals surface area contributed by atoms with E-state index in [0.29, 0.717) is 0 Å². The van der Waals surface area contributed by atoms with Gasteiger partial charge in [0.1, 0.15) is 11.4 Å². The van der Waals surface area contributed by atoms with Crippen molar-refractivity contribution >= 4 is 5.69 Å². The van der Waals surface area contributed by atoms with Crippen LogP contribution in [-0.4, -0.2) is 10.6 Å². The molecule has 0 fully saturated rings. The highest BCUT2D eigenvalue weighted by Gasteiger charge is 2.29. The van der Waals surface area contributed by atoms with Crippen molar-refractivity contribution in [1.82, 2.24) is 4.98 Å². The van der Waals surface area contributed by atoms with Crippen LogP contribution in [0.1, 0.15) is 25.0 Å². The van der Waals surface area contributed by atoms with Gasteiger partial charge in [-0.3, -0.25) is 4.98 Å². The number of anilines is 1. The third kappa shape index (κ3) is 2.70. The third-order valence-corrected chi connectivity index (χ3v) is 3.29. The van der Waals surface area contributed by atoms with Crippen LogP contribution in [0.15, 0.2) is 42.7 Å². The van der Waals surface area contributed by atoms with Gasteiger partial charge in [0, 0.05) is 25.4 Å². The van der Waals surface area contributed by atoms with Crippen LogP contribution in [0.25, 0.3) is 0 Å². The summed E-state index contributed by atoms with van der Waals surface area (Å²) in [5, 5.41) is 3.37. The zero-order chi connectivity index (χ0) is 13.3. The standard InChI is InChI=1S/C16H18N2O/c1-16(2)9-13-8-12(5-6-15(13)19-16)10-18-14-4-3-7-17-11-14/h3-8,11,18H,9-10H2,1-2H3. The second-order valence-corrected chi connectivity index (χ2v) is 5.58. The van der Waals surface area contributed by atoms with Gasteiger partial charge >= 0.3 is 0 Å². The molecule has 2 heterocycles. The van der Waals surface area contributed by atoms with Gasteiger partial charge in [-0.15, -0.1) is 0 Å². The Bertz CT molecular complexity index is 579. The Kier molecular flexibility index (Phi) is 2.90. The topological polar surface area (TPSA) is 34.2 Å². The molecule has 1 aromatic carbocycles. The second kappa shape index (κ2) is 4.57. The quantitative estimate of drug-likeness (QED) is 0.911. The van der Waals surface area contributed by atoms with Gasteiger partial charge in [0.05, 0.1) is 5.69 Å². The highest BCUT2D eigenvalue weighted by molar-refractivity contribution is 5.44. The zero-order valence-electron chi connectivity index (χ0n) is 11.3. The van der Waals surface area contributed by atoms with E-state index in [4.69, 9.17) is 4.74 Å². The molecule has 0 bridgehead atoms. The second-order valence-electron chi connectivity index (χ2n) is 5.58. The highest BCUT2D eigenvalue weighted by atomic mass is 16.5. The van der Waals surface area contributed by atoms with Crippen molar-refractivity contribution in [2.75, 3.05) is 5.32 Å². The minimum atomic E-state index is -0.0717. The molecule has 3 rings (SSSR count). The lowest BCUT2D eigenvalue weighted by atomic mass is 10.0. The molecule has 0 saturated heterocycles. The van der Waals surface area contributed by atoms with Gasteiger partial charge in [-0.2, -0.15) is 0 Å². The molecule has 0 unspecified atom stereocenters. The van der Waals surface area contributed by atoms with E-state index >= 15 is 0 Å². The predicted molar refractivity (Wildman–Crippen MR) is 76.4 cm³/mol. The summed E-state index contributed by atoms with van der Waals surface area (Å²) < 4.78 is 5.88. The summed E-state index contributed by atoms with van der Waals surface area (Å²) in [4.78, 5) is 4.09. The van der Waals surface area contributed by atoms with E-state index in [1.165, 1.54) is 11.1 Å². The van der Waals surface area contributed by atoms with Crippen molar-refractivity contribution in [2.45, 2.75) is 32.4 Å². The van der Waals surface area contributed by atoms with Crippen molar-refractivity contribution < 1.29 is 4.74 Å². The smallest absolute Gasteiger partial charge is 0.123 e. The first kappa shape index (κ1) is 12.0. The van der Waals surface area contributed by atoms with Crippen LogP contribution in [0.4, 0.5) is 5.69 Å². The van der Waals surface area contributed by atoms with Gasteiger partial charge < -0.3 is 10.1 Å². The van der Waals surface area contributed by atoms with Crippen LogP contribution in [-0.2, 0) is 13.0 Å². The lowest BCUT2D eigenvalue weighted by Gasteiger charge is -2.16. The molecule has 3 heteroatoms. The Morgan fingerprint density at radius 3 is 3.00 bits per heavy atom. The van der Waals surface area contributed by atoms with Crippen molar-refractivity contribution in [3.63, 3.8) is 0 Å². The molecule has 0 amide bonds. The van der Waals surface area contributed by atoms with Crippen LogP contribution in [0.2, 0.25) is 0 Å². The Hall–Kier alpha value is -2.03. The molecule has 0 atom stereocenters. The van der Waals surface area contributed by atoms with E-state index in [2.05, 4.69) is 42.3 Å². The van der Waals surface area contributed by atoms with E-state index in [1.54, 1.807) is 6.20 Å². The Morgan fingerprint density at radius 1 is 1.32 bits per heavy atom. The minimum absolute atomic E-state index is 0.0717. The molecular weight excluding hydrogens is 236 g/mol. The normalized spacial score (nSPS) is 15.7. The first-order chi connectivity index (χ1) is 9.12. The van der Waals surface area contributed by atoms with Crippen LogP contribution >= 0.6 is 0 Å². The average molecular weight is 254 g/mol. The highest BCUT2D eigenvalue weighted by Crippen LogP contribution is 2.35. The molecule has 0 saturated carbocycles. The number of aromatic nitrogens is 1. The number of benzene rings is 1. The fourth-order valence-corrected chi connectivity index (χ4v) is 2.44. The number of ether oxygens (including phenoxy) is 1. The first-order valence-corrected chi connectivity index (χ1v) is 6.57. The molecule has 98 valence electrons. The minimum Gasteiger partial charge on any atom is -0.487 e. The SMILES string of the molecule is CC1(C)Cc2cc(CNc3cccnc3)ccc2O1. The van der Waals surface area contributed by atoms with Crippen molar-refractivity contribution in [3.05, 3.63) is 53.9 Å². The molecule has 1 N–H and O–H groups in total. The summed E-state index contributed by atoms with van der Waals surface area (Å²) in [7, 11) is 0. The maximum Gasteiger partial charge on any atom is 0.123 e. The van der Waals surface area contributed by atoms with Crippen molar-refractivity contribution in [3.8, 4) is 5.75 Å². The Morgan fingerprint density at radius 2 is 2.21 bits per heavy atom. The lowest BCUT2D eigenvalue weighted by Crippen LogP contribution is -2.24. The molecule has 3 nitrogen and oxygen atoms in total. The van der Waals surface area contributed by atoms with Gasteiger partial charge in [-0.1, -0.05) is 12.1 Å². The summed E-state index contributed by atoms with van der Waals surface area (Å²) >= 11 is 0.